The van der Waals surface area contributed by atoms with Gasteiger partial charge in [-0.2, -0.15) is 9.50 Å². The number of H-pyrrole nitrogens is 1. The van der Waals surface area contributed by atoms with Crippen LogP contribution in [0.3, 0.4) is 0 Å². The molecule has 0 spiro atoms. The number of nitrogens with zero attached hydrogens (tertiary/aromatic N) is 3. The first-order chi connectivity index (χ1) is 14.0. The molecule has 0 unspecified atom stereocenters. The number of hydrogen-bond donors (Lipinski definition) is 2. The minimum atomic E-state index is -0.148. The normalized spacial score (nSPS) is 11.0. The Kier molecular flexibility index (Phi) is 5.22. The number of methoxy groups -OCH3 is 1. The van der Waals surface area contributed by atoms with Gasteiger partial charge in [-0.1, -0.05) is 23.7 Å². The van der Waals surface area contributed by atoms with Crippen LogP contribution in [0.15, 0.2) is 53.3 Å². The maximum atomic E-state index is 13.0. The van der Waals surface area contributed by atoms with Crippen LogP contribution >= 0.6 is 11.6 Å². The Morgan fingerprint density at radius 3 is 2.52 bits per heavy atom. The number of halogens is 1. The lowest BCUT2D eigenvalue weighted by molar-refractivity contribution is 0.415. The van der Waals surface area contributed by atoms with Gasteiger partial charge in [-0.3, -0.25) is 9.89 Å². The summed E-state index contributed by atoms with van der Waals surface area (Å²) in [5.41, 5.74) is 3.07. The minimum Gasteiger partial charge on any atom is -0.497 e. The standard InChI is InChI=1S/C21H20ClN5O2/c1-13-18(11-14-3-5-15(22)6-4-14)20(28)27-21(24-13)25-19(26-27)12-23-16-7-9-17(29-2)10-8-16/h3-10,23H,11-12H2,1-2H3,(H,24,25,26). The molecule has 0 saturated carbocycles. The van der Waals surface area contributed by atoms with Gasteiger partial charge >= 0.3 is 0 Å². The highest BCUT2D eigenvalue weighted by Gasteiger charge is 2.14. The summed E-state index contributed by atoms with van der Waals surface area (Å²) >= 11 is 5.94. The second kappa shape index (κ2) is 7.97. The number of nitrogens with one attached hydrogen (secondary N) is 2. The lowest BCUT2D eigenvalue weighted by atomic mass is 10.1. The zero-order valence-electron chi connectivity index (χ0n) is 16.1. The summed E-state index contributed by atoms with van der Waals surface area (Å²) < 4.78 is 6.55. The lowest BCUT2D eigenvalue weighted by Gasteiger charge is -2.05. The molecule has 148 valence electrons. The molecule has 8 heteroatoms. The van der Waals surface area contributed by atoms with Gasteiger partial charge in [-0.15, -0.1) is 0 Å². The molecular formula is C21H20ClN5O2. The van der Waals surface area contributed by atoms with Crippen molar-refractivity contribution in [3.05, 3.63) is 86.6 Å². The molecule has 0 bridgehead atoms. The molecule has 2 aromatic heterocycles. The summed E-state index contributed by atoms with van der Waals surface area (Å²) in [7, 11) is 1.63. The topological polar surface area (TPSA) is 84.3 Å². The van der Waals surface area contributed by atoms with Crippen molar-refractivity contribution >= 4 is 23.1 Å². The molecule has 2 heterocycles. The first-order valence-electron chi connectivity index (χ1n) is 9.13. The van der Waals surface area contributed by atoms with Crippen molar-refractivity contribution < 1.29 is 4.74 Å². The molecule has 29 heavy (non-hydrogen) atoms. The van der Waals surface area contributed by atoms with Crippen LogP contribution in [0.1, 0.15) is 22.6 Å². The van der Waals surface area contributed by atoms with Crippen molar-refractivity contribution in [2.24, 2.45) is 0 Å². The van der Waals surface area contributed by atoms with Crippen LogP contribution in [0.5, 0.6) is 5.75 Å². The van der Waals surface area contributed by atoms with E-state index in [0.29, 0.717) is 40.8 Å². The van der Waals surface area contributed by atoms with E-state index < -0.39 is 0 Å². The molecule has 0 aliphatic carbocycles. The molecule has 2 aromatic carbocycles. The van der Waals surface area contributed by atoms with Gasteiger partial charge in [0.15, 0.2) is 0 Å². The van der Waals surface area contributed by atoms with E-state index in [2.05, 4.69) is 20.4 Å². The zero-order chi connectivity index (χ0) is 20.4. The highest BCUT2D eigenvalue weighted by molar-refractivity contribution is 6.30. The average Bonchev–Trinajstić information content (AvgIpc) is 3.14. The van der Waals surface area contributed by atoms with Gasteiger partial charge in [0.05, 0.1) is 19.3 Å². The number of hydrogen-bond acceptors (Lipinski definition) is 5. The first-order valence-corrected chi connectivity index (χ1v) is 9.51. The number of rotatable bonds is 6. The Labute approximate surface area is 172 Å². The van der Waals surface area contributed by atoms with Gasteiger partial charge in [0.2, 0.25) is 0 Å². The van der Waals surface area contributed by atoms with E-state index in [1.54, 1.807) is 7.11 Å². The van der Waals surface area contributed by atoms with Crippen molar-refractivity contribution in [1.82, 2.24) is 19.6 Å². The van der Waals surface area contributed by atoms with Gasteiger partial charge in [0.1, 0.15) is 11.6 Å². The Morgan fingerprint density at radius 1 is 1.10 bits per heavy atom. The first kappa shape index (κ1) is 19.0. The van der Waals surface area contributed by atoms with Gasteiger partial charge in [-0.05, 0) is 48.9 Å². The van der Waals surface area contributed by atoms with Crippen LogP contribution < -0.4 is 15.6 Å². The third kappa shape index (κ3) is 4.09. The highest BCUT2D eigenvalue weighted by Crippen LogP contribution is 2.16. The molecule has 0 aliphatic heterocycles. The summed E-state index contributed by atoms with van der Waals surface area (Å²) in [5.74, 6) is 1.77. The number of ether oxygens (including phenoxy) is 1. The second-order valence-electron chi connectivity index (χ2n) is 6.67. The van der Waals surface area contributed by atoms with Crippen LogP contribution in [0.2, 0.25) is 5.02 Å². The number of aryl methyl sites for hydroxylation is 1. The van der Waals surface area contributed by atoms with Crippen LogP contribution in [-0.2, 0) is 13.0 Å². The third-order valence-corrected chi connectivity index (χ3v) is 4.94. The molecule has 0 fully saturated rings. The minimum absolute atomic E-state index is 0.148. The van der Waals surface area contributed by atoms with E-state index in [4.69, 9.17) is 16.3 Å². The molecule has 4 aromatic rings. The van der Waals surface area contributed by atoms with Crippen molar-refractivity contribution in [2.45, 2.75) is 19.9 Å². The molecule has 4 rings (SSSR count). The van der Waals surface area contributed by atoms with Crippen molar-refractivity contribution in [1.29, 1.82) is 0 Å². The summed E-state index contributed by atoms with van der Waals surface area (Å²) in [5, 5.41) is 6.97. The summed E-state index contributed by atoms with van der Waals surface area (Å²) in [6.45, 7) is 2.26. The largest absolute Gasteiger partial charge is 0.497 e. The quantitative estimate of drug-likeness (QED) is 0.508. The van der Waals surface area contributed by atoms with Crippen molar-refractivity contribution in [2.75, 3.05) is 12.4 Å². The molecule has 0 atom stereocenters. The van der Waals surface area contributed by atoms with E-state index in [0.717, 1.165) is 17.0 Å². The predicted octanol–water partition coefficient (Wildman–Crippen LogP) is 3.59. The smallest absolute Gasteiger partial charge is 0.277 e. The molecule has 0 amide bonds. The number of benzene rings is 2. The fraction of sp³-hybridized carbons (Fsp3) is 0.190. The van der Waals surface area contributed by atoms with E-state index in [1.807, 2.05) is 55.5 Å². The lowest BCUT2D eigenvalue weighted by Crippen LogP contribution is -2.22. The maximum Gasteiger partial charge on any atom is 0.277 e. The van der Waals surface area contributed by atoms with Gasteiger partial charge in [0, 0.05) is 22.7 Å². The van der Waals surface area contributed by atoms with Crippen LogP contribution in [0.4, 0.5) is 5.69 Å². The number of aromatic nitrogens is 4. The maximum absolute atomic E-state index is 13.0. The van der Waals surface area contributed by atoms with E-state index in [1.165, 1.54) is 4.52 Å². The van der Waals surface area contributed by atoms with E-state index in [-0.39, 0.29) is 5.56 Å². The summed E-state index contributed by atoms with van der Waals surface area (Å²) in [4.78, 5) is 21.9. The molecule has 0 radical (unpaired) electrons. The van der Waals surface area contributed by atoms with Gasteiger partial charge in [-0.25, -0.2) is 4.98 Å². The van der Waals surface area contributed by atoms with E-state index in [9.17, 15) is 4.79 Å². The fourth-order valence-corrected chi connectivity index (χ4v) is 3.21. The predicted molar refractivity (Wildman–Crippen MR) is 113 cm³/mol. The van der Waals surface area contributed by atoms with Crippen molar-refractivity contribution in [3.8, 4) is 5.75 Å². The molecule has 2 N–H and O–H groups in total. The fourth-order valence-electron chi connectivity index (χ4n) is 3.08. The number of anilines is 1. The summed E-state index contributed by atoms with van der Waals surface area (Å²) in [6, 6.07) is 15.0. The van der Waals surface area contributed by atoms with Crippen molar-refractivity contribution in [3.63, 3.8) is 0 Å². The molecule has 7 nitrogen and oxygen atoms in total. The Morgan fingerprint density at radius 2 is 1.83 bits per heavy atom. The van der Waals surface area contributed by atoms with E-state index >= 15 is 0 Å². The van der Waals surface area contributed by atoms with Crippen LogP contribution in [0, 0.1) is 6.92 Å². The zero-order valence-corrected chi connectivity index (χ0v) is 16.8. The summed E-state index contributed by atoms with van der Waals surface area (Å²) in [6.07, 6.45) is 0.482. The third-order valence-electron chi connectivity index (χ3n) is 4.69. The van der Waals surface area contributed by atoms with Gasteiger partial charge in [0.25, 0.3) is 11.3 Å². The monoisotopic (exact) mass is 409 g/mol. The molecule has 0 saturated heterocycles. The SMILES string of the molecule is COc1ccc(NCc2nc3nc(C)c(Cc4ccc(Cl)cc4)c(=O)n3[nH]2)cc1. The Balaban J connectivity index is 1.57. The number of fused-ring (bicyclic) bond motifs is 1. The highest BCUT2D eigenvalue weighted by atomic mass is 35.5. The average molecular weight is 410 g/mol. The number of aromatic amines is 1. The molecular weight excluding hydrogens is 390 g/mol. The molecule has 0 aliphatic rings. The Bertz CT molecular complexity index is 1200. The van der Waals surface area contributed by atoms with Crippen LogP contribution in [0.25, 0.3) is 5.78 Å². The Hall–Kier alpha value is -3.32. The second-order valence-corrected chi connectivity index (χ2v) is 7.11. The van der Waals surface area contributed by atoms with Gasteiger partial charge < -0.3 is 10.1 Å². The van der Waals surface area contributed by atoms with Crippen LogP contribution in [-0.4, -0.2) is 26.7 Å².